The number of fused-ring (bicyclic) bond motifs is 1. The Labute approximate surface area is 167 Å². The lowest BCUT2D eigenvalue weighted by molar-refractivity contribution is -0.118. The van der Waals surface area contributed by atoms with Crippen molar-refractivity contribution in [2.45, 2.75) is 18.3 Å². The van der Waals surface area contributed by atoms with Crippen LogP contribution in [0.25, 0.3) is 22.2 Å². The maximum absolute atomic E-state index is 13.1. The Morgan fingerprint density at radius 1 is 1.04 bits per heavy atom. The first-order valence-electron chi connectivity index (χ1n) is 9.17. The number of nitrogens with one attached hydrogen (secondary N) is 1. The van der Waals surface area contributed by atoms with Crippen LogP contribution < -0.4 is 5.32 Å². The van der Waals surface area contributed by atoms with Crippen molar-refractivity contribution in [2.75, 3.05) is 5.32 Å². The molecule has 0 radical (unpaired) electrons. The number of amides is 1. The molecular formula is C23H17ClN2O2. The van der Waals surface area contributed by atoms with E-state index >= 15 is 0 Å². The third-order valence-electron chi connectivity index (χ3n) is 5.33. The van der Waals surface area contributed by atoms with E-state index in [-0.39, 0.29) is 5.91 Å². The highest BCUT2D eigenvalue weighted by atomic mass is 35.5. The molecule has 1 amide bonds. The van der Waals surface area contributed by atoms with Crippen LogP contribution in [0.4, 0.5) is 5.82 Å². The monoisotopic (exact) mass is 388 g/mol. The normalized spacial score (nSPS) is 14.8. The van der Waals surface area contributed by atoms with Crippen LogP contribution in [0.3, 0.4) is 0 Å². The molecule has 1 aliphatic carbocycles. The van der Waals surface area contributed by atoms with E-state index in [2.05, 4.69) is 10.3 Å². The SMILES string of the molecule is O=C(Nc1cccc(-c2ccccc2Cl)n1)C1(c2ccc3ccoc3c2)CC1. The van der Waals surface area contributed by atoms with Gasteiger partial charge in [0, 0.05) is 16.0 Å². The average Bonchev–Trinajstić information content (AvgIpc) is 3.40. The van der Waals surface area contributed by atoms with Gasteiger partial charge in [0.2, 0.25) is 5.91 Å². The predicted molar refractivity (Wildman–Crippen MR) is 110 cm³/mol. The number of carbonyl (C=O) groups excluding carboxylic acids is 1. The summed E-state index contributed by atoms with van der Waals surface area (Å²) in [6.07, 6.45) is 3.29. The van der Waals surface area contributed by atoms with Crippen LogP contribution in [0.15, 0.2) is 77.4 Å². The molecule has 4 nitrogen and oxygen atoms in total. The summed E-state index contributed by atoms with van der Waals surface area (Å²) in [5, 5.41) is 4.66. The zero-order valence-corrected chi connectivity index (χ0v) is 15.7. The second-order valence-electron chi connectivity index (χ2n) is 7.10. The first kappa shape index (κ1) is 17.0. The second kappa shape index (κ2) is 6.50. The number of furan rings is 1. The van der Waals surface area contributed by atoms with E-state index in [0.29, 0.717) is 10.8 Å². The fourth-order valence-electron chi connectivity index (χ4n) is 3.58. The summed E-state index contributed by atoms with van der Waals surface area (Å²) in [5.41, 5.74) is 2.84. The van der Waals surface area contributed by atoms with Crippen molar-refractivity contribution in [3.8, 4) is 11.3 Å². The Morgan fingerprint density at radius 3 is 2.71 bits per heavy atom. The number of nitrogens with zero attached hydrogens (tertiary/aromatic N) is 1. The molecule has 1 fully saturated rings. The summed E-state index contributed by atoms with van der Waals surface area (Å²) in [6, 6.07) is 21.0. The van der Waals surface area contributed by atoms with Gasteiger partial charge < -0.3 is 9.73 Å². The Morgan fingerprint density at radius 2 is 1.89 bits per heavy atom. The number of rotatable bonds is 4. The summed E-state index contributed by atoms with van der Waals surface area (Å²) < 4.78 is 5.50. The van der Waals surface area contributed by atoms with Crippen LogP contribution in [0.5, 0.6) is 0 Å². The van der Waals surface area contributed by atoms with Gasteiger partial charge in [-0.15, -0.1) is 0 Å². The fraction of sp³-hybridized carbons (Fsp3) is 0.130. The molecule has 1 saturated carbocycles. The van der Waals surface area contributed by atoms with Crippen molar-refractivity contribution in [1.82, 2.24) is 4.98 Å². The zero-order chi connectivity index (χ0) is 19.1. The van der Waals surface area contributed by atoms with Gasteiger partial charge in [-0.1, -0.05) is 48.0 Å². The van der Waals surface area contributed by atoms with Gasteiger partial charge in [-0.05, 0) is 48.7 Å². The maximum Gasteiger partial charge on any atom is 0.236 e. The van der Waals surface area contributed by atoms with E-state index in [1.165, 1.54) is 0 Å². The number of aromatic nitrogens is 1. The smallest absolute Gasteiger partial charge is 0.236 e. The summed E-state index contributed by atoms with van der Waals surface area (Å²) in [6.45, 7) is 0. The zero-order valence-electron chi connectivity index (χ0n) is 15.0. The van der Waals surface area contributed by atoms with Crippen LogP contribution in [0.1, 0.15) is 18.4 Å². The van der Waals surface area contributed by atoms with E-state index in [0.717, 1.165) is 40.6 Å². The predicted octanol–water partition coefficient (Wildman–Crippen LogP) is 5.82. The van der Waals surface area contributed by atoms with Gasteiger partial charge in [0.1, 0.15) is 11.4 Å². The van der Waals surface area contributed by atoms with Crippen molar-refractivity contribution in [3.05, 3.63) is 83.6 Å². The van der Waals surface area contributed by atoms with Crippen molar-refractivity contribution in [3.63, 3.8) is 0 Å². The minimum Gasteiger partial charge on any atom is -0.464 e. The van der Waals surface area contributed by atoms with Gasteiger partial charge in [-0.3, -0.25) is 4.79 Å². The summed E-state index contributed by atoms with van der Waals surface area (Å²) in [7, 11) is 0. The molecule has 138 valence electrons. The van der Waals surface area contributed by atoms with Crippen LogP contribution in [0, 0.1) is 0 Å². The summed E-state index contributed by atoms with van der Waals surface area (Å²) >= 11 is 6.28. The largest absolute Gasteiger partial charge is 0.464 e. The number of benzene rings is 2. The van der Waals surface area contributed by atoms with Crippen LogP contribution in [-0.4, -0.2) is 10.9 Å². The standard InChI is InChI=1S/C23H17ClN2O2/c24-18-5-2-1-4-17(18)19-6-3-7-21(25-19)26-22(27)23(11-12-23)16-9-8-15-10-13-28-20(15)14-16/h1-10,13-14H,11-12H2,(H,25,26,27). The van der Waals surface area contributed by atoms with Crippen LogP contribution in [0.2, 0.25) is 5.02 Å². The van der Waals surface area contributed by atoms with Crippen molar-refractivity contribution < 1.29 is 9.21 Å². The number of anilines is 1. The Bertz CT molecular complexity index is 1190. The van der Waals surface area contributed by atoms with Gasteiger partial charge in [0.05, 0.1) is 17.4 Å². The lowest BCUT2D eigenvalue weighted by Crippen LogP contribution is -2.28. The first-order chi connectivity index (χ1) is 13.7. The van der Waals surface area contributed by atoms with E-state index in [1.54, 1.807) is 12.3 Å². The number of hydrogen-bond acceptors (Lipinski definition) is 3. The van der Waals surface area contributed by atoms with Gasteiger partial charge >= 0.3 is 0 Å². The molecule has 0 unspecified atom stereocenters. The molecule has 2 heterocycles. The highest BCUT2D eigenvalue weighted by Gasteiger charge is 2.51. The molecule has 2 aromatic heterocycles. The fourth-order valence-corrected chi connectivity index (χ4v) is 3.82. The number of pyridine rings is 1. The second-order valence-corrected chi connectivity index (χ2v) is 7.50. The molecule has 28 heavy (non-hydrogen) atoms. The molecule has 5 rings (SSSR count). The van der Waals surface area contributed by atoms with Gasteiger partial charge in [0.15, 0.2) is 0 Å². The maximum atomic E-state index is 13.1. The van der Waals surface area contributed by atoms with Gasteiger partial charge in [0.25, 0.3) is 0 Å². The summed E-state index contributed by atoms with van der Waals surface area (Å²) in [4.78, 5) is 17.7. The quantitative estimate of drug-likeness (QED) is 0.479. The van der Waals surface area contributed by atoms with Gasteiger partial charge in [-0.2, -0.15) is 0 Å². The van der Waals surface area contributed by atoms with Crippen molar-refractivity contribution in [2.24, 2.45) is 0 Å². The molecule has 1 aliphatic rings. The molecule has 0 saturated heterocycles. The Balaban J connectivity index is 1.42. The summed E-state index contributed by atoms with van der Waals surface area (Å²) in [5.74, 6) is 0.481. The lowest BCUT2D eigenvalue weighted by Gasteiger charge is -2.16. The molecule has 0 atom stereocenters. The van der Waals surface area contributed by atoms with E-state index in [4.69, 9.17) is 16.0 Å². The molecule has 0 aliphatic heterocycles. The van der Waals surface area contributed by atoms with E-state index in [1.807, 2.05) is 60.7 Å². The molecule has 0 spiro atoms. The highest BCUT2D eigenvalue weighted by Crippen LogP contribution is 2.49. The first-order valence-corrected chi connectivity index (χ1v) is 9.55. The number of hydrogen-bond donors (Lipinski definition) is 1. The third kappa shape index (κ3) is 2.86. The molecule has 0 bridgehead atoms. The van der Waals surface area contributed by atoms with Gasteiger partial charge in [-0.25, -0.2) is 4.98 Å². The minimum atomic E-state index is -0.511. The number of carbonyl (C=O) groups is 1. The third-order valence-corrected chi connectivity index (χ3v) is 5.66. The van der Waals surface area contributed by atoms with Crippen LogP contribution in [-0.2, 0) is 10.2 Å². The lowest BCUT2D eigenvalue weighted by atomic mass is 9.94. The molecule has 4 aromatic rings. The molecule has 5 heteroatoms. The van der Waals surface area contributed by atoms with Crippen molar-refractivity contribution >= 4 is 34.3 Å². The Hall–Kier alpha value is -3.11. The topological polar surface area (TPSA) is 55.1 Å². The van der Waals surface area contributed by atoms with E-state index in [9.17, 15) is 4.79 Å². The molecule has 2 aromatic carbocycles. The Kier molecular flexibility index (Phi) is 3.95. The highest BCUT2D eigenvalue weighted by molar-refractivity contribution is 6.33. The average molecular weight is 389 g/mol. The minimum absolute atomic E-state index is 0.0396. The van der Waals surface area contributed by atoms with E-state index < -0.39 is 5.41 Å². The molecular weight excluding hydrogens is 372 g/mol. The molecule has 1 N–H and O–H groups in total. The van der Waals surface area contributed by atoms with Crippen LogP contribution >= 0.6 is 11.6 Å². The number of halogens is 1. The van der Waals surface area contributed by atoms with Crippen molar-refractivity contribution in [1.29, 1.82) is 0 Å².